The highest BCUT2D eigenvalue weighted by Crippen LogP contribution is 2.40. The molecule has 1 fully saturated rings. The lowest BCUT2D eigenvalue weighted by atomic mass is 9.69. The van der Waals surface area contributed by atoms with Crippen molar-refractivity contribution in [3.8, 4) is 0 Å². The first-order chi connectivity index (χ1) is 9.02. The lowest BCUT2D eigenvalue weighted by Crippen LogP contribution is -2.38. The Morgan fingerprint density at radius 2 is 1.89 bits per heavy atom. The smallest absolute Gasteiger partial charge is 0.307 e. The van der Waals surface area contributed by atoms with E-state index in [1.165, 1.54) is 0 Å². The normalized spacial score (nSPS) is 27.3. The molecule has 1 aliphatic rings. The average molecular weight is 327 g/mol. The number of carboxylic acid groups (broad SMARTS) is 1. The Balaban J connectivity index is 2.36. The predicted molar refractivity (Wildman–Crippen MR) is 72.8 cm³/mol. The Morgan fingerprint density at radius 3 is 2.42 bits per heavy atom. The van der Waals surface area contributed by atoms with Crippen molar-refractivity contribution in [1.29, 1.82) is 0 Å². The molecule has 1 aromatic rings. The van der Waals surface area contributed by atoms with Crippen molar-refractivity contribution in [1.82, 2.24) is 0 Å². The van der Waals surface area contributed by atoms with Gasteiger partial charge in [0, 0.05) is 35.8 Å². The van der Waals surface area contributed by atoms with Gasteiger partial charge in [-0.2, -0.15) is 0 Å². The Hall–Kier alpha value is -1.20. The maximum atomic E-state index is 11.7. The zero-order chi connectivity index (χ0) is 14.0. The summed E-state index contributed by atoms with van der Waals surface area (Å²) in [6.07, 6.45) is 0.385. The average Bonchev–Trinajstić information content (AvgIpc) is 2.38. The monoisotopic (exact) mass is 326 g/mol. The molecule has 19 heavy (non-hydrogen) atoms. The highest BCUT2D eigenvalue weighted by Gasteiger charge is 2.41. The zero-order valence-corrected chi connectivity index (χ0v) is 11.8. The van der Waals surface area contributed by atoms with Crippen molar-refractivity contribution in [3.63, 3.8) is 0 Å². The molecule has 4 nitrogen and oxygen atoms in total. The summed E-state index contributed by atoms with van der Waals surface area (Å²) in [5.74, 6) is -2.48. The number of hydrogen-bond acceptors (Lipinski definition) is 3. The fourth-order valence-corrected chi connectivity index (χ4v) is 3.05. The number of benzene rings is 1. The maximum Gasteiger partial charge on any atom is 0.307 e. The number of aliphatic carboxylic acids is 1. The van der Waals surface area contributed by atoms with Crippen LogP contribution in [0.4, 0.5) is 0 Å². The maximum absolute atomic E-state index is 11.7. The molecule has 0 aromatic heterocycles. The summed E-state index contributed by atoms with van der Waals surface area (Å²) in [6.45, 7) is -0.268. The predicted octanol–water partition coefficient (Wildman–Crippen LogP) is 2.20. The van der Waals surface area contributed by atoms with Crippen LogP contribution in [0.15, 0.2) is 28.7 Å². The minimum absolute atomic E-state index is 0.0180. The molecular formula is C14H15BrO4. The topological polar surface area (TPSA) is 74.6 Å². The van der Waals surface area contributed by atoms with Crippen molar-refractivity contribution in [2.75, 3.05) is 6.61 Å². The number of carbonyl (C=O) groups excluding carboxylic acids is 1. The standard InChI is InChI=1S/C14H15BrO4/c15-10-3-1-8(2-4-10)12-6-11(17)5-9(7-16)13(12)14(18)19/h1-4,9,12-13,16H,5-7H2,(H,18,19)/t9-,12?,13?/m1/s1. The second-order valence-corrected chi connectivity index (χ2v) is 5.83. The van der Waals surface area contributed by atoms with Gasteiger partial charge < -0.3 is 10.2 Å². The van der Waals surface area contributed by atoms with Crippen LogP contribution in [0.5, 0.6) is 0 Å². The number of hydrogen-bond donors (Lipinski definition) is 2. The van der Waals surface area contributed by atoms with E-state index in [-0.39, 0.29) is 31.1 Å². The minimum Gasteiger partial charge on any atom is -0.481 e. The molecule has 0 amide bonds. The van der Waals surface area contributed by atoms with E-state index in [0.29, 0.717) is 0 Å². The van der Waals surface area contributed by atoms with Gasteiger partial charge in [0.2, 0.25) is 0 Å². The molecule has 0 radical (unpaired) electrons. The molecule has 5 heteroatoms. The van der Waals surface area contributed by atoms with Gasteiger partial charge in [-0.25, -0.2) is 0 Å². The first-order valence-corrected chi connectivity index (χ1v) is 6.93. The lowest BCUT2D eigenvalue weighted by molar-refractivity contribution is -0.148. The third kappa shape index (κ3) is 3.04. The van der Waals surface area contributed by atoms with E-state index in [1.807, 2.05) is 24.3 Å². The lowest BCUT2D eigenvalue weighted by Gasteiger charge is -2.34. The summed E-state index contributed by atoms with van der Waals surface area (Å²) in [4.78, 5) is 23.2. The molecule has 2 N–H and O–H groups in total. The summed E-state index contributed by atoms with van der Waals surface area (Å²) in [7, 11) is 0. The van der Waals surface area contributed by atoms with Gasteiger partial charge in [-0.15, -0.1) is 0 Å². The molecule has 0 bridgehead atoms. The molecule has 3 atom stereocenters. The van der Waals surface area contributed by atoms with Crippen LogP contribution in [0.25, 0.3) is 0 Å². The Labute approximate surface area is 119 Å². The van der Waals surface area contributed by atoms with Crippen LogP contribution in [0, 0.1) is 11.8 Å². The fraction of sp³-hybridized carbons (Fsp3) is 0.429. The summed E-state index contributed by atoms with van der Waals surface area (Å²) in [5, 5.41) is 18.7. The van der Waals surface area contributed by atoms with Crippen molar-refractivity contribution in [3.05, 3.63) is 34.3 Å². The van der Waals surface area contributed by atoms with E-state index >= 15 is 0 Å². The van der Waals surface area contributed by atoms with Crippen molar-refractivity contribution in [2.24, 2.45) is 11.8 Å². The minimum atomic E-state index is -0.945. The molecule has 1 aliphatic carbocycles. The third-order valence-electron chi connectivity index (χ3n) is 3.70. The Bertz CT molecular complexity index is 483. The number of halogens is 1. The number of aliphatic hydroxyl groups excluding tert-OH is 1. The highest BCUT2D eigenvalue weighted by molar-refractivity contribution is 9.10. The van der Waals surface area contributed by atoms with E-state index in [0.717, 1.165) is 10.0 Å². The first-order valence-electron chi connectivity index (χ1n) is 6.13. The first kappa shape index (κ1) is 14.2. The van der Waals surface area contributed by atoms with Crippen molar-refractivity contribution < 1.29 is 19.8 Å². The second-order valence-electron chi connectivity index (χ2n) is 4.91. The van der Waals surface area contributed by atoms with Gasteiger partial charge in [-0.3, -0.25) is 9.59 Å². The number of Topliss-reactive ketones (excluding diaryl/α,β-unsaturated/α-hetero) is 1. The van der Waals surface area contributed by atoms with Crippen LogP contribution >= 0.6 is 15.9 Å². The number of carbonyl (C=O) groups is 2. The van der Waals surface area contributed by atoms with Crippen molar-refractivity contribution >= 4 is 27.7 Å². The van der Waals surface area contributed by atoms with Gasteiger partial charge in [-0.1, -0.05) is 28.1 Å². The molecular weight excluding hydrogens is 312 g/mol. The third-order valence-corrected chi connectivity index (χ3v) is 4.23. The Morgan fingerprint density at radius 1 is 1.26 bits per heavy atom. The molecule has 0 spiro atoms. The number of rotatable bonds is 3. The van der Waals surface area contributed by atoms with Gasteiger partial charge in [0.1, 0.15) is 5.78 Å². The van der Waals surface area contributed by atoms with E-state index < -0.39 is 17.8 Å². The number of ketones is 1. The van der Waals surface area contributed by atoms with Gasteiger partial charge in [0.15, 0.2) is 0 Å². The molecule has 1 saturated carbocycles. The number of aliphatic hydroxyl groups is 1. The highest BCUT2D eigenvalue weighted by atomic mass is 79.9. The molecule has 0 saturated heterocycles. The molecule has 1 aromatic carbocycles. The summed E-state index contributed by atoms with van der Waals surface area (Å²) >= 11 is 3.33. The van der Waals surface area contributed by atoms with Crippen molar-refractivity contribution in [2.45, 2.75) is 18.8 Å². The van der Waals surface area contributed by atoms with Crippen LogP contribution in [0.3, 0.4) is 0 Å². The quantitative estimate of drug-likeness (QED) is 0.893. The molecule has 0 aliphatic heterocycles. The summed E-state index contributed by atoms with van der Waals surface area (Å²) in [6, 6.07) is 7.33. The largest absolute Gasteiger partial charge is 0.481 e. The van der Waals surface area contributed by atoms with E-state index in [4.69, 9.17) is 0 Å². The van der Waals surface area contributed by atoms with E-state index in [9.17, 15) is 19.8 Å². The van der Waals surface area contributed by atoms with Crippen LogP contribution in [-0.4, -0.2) is 28.6 Å². The van der Waals surface area contributed by atoms with Gasteiger partial charge in [0.05, 0.1) is 5.92 Å². The SMILES string of the molecule is O=C1CC(c2ccc(Br)cc2)C(C(=O)O)[C@@H](CO)C1. The summed E-state index contributed by atoms with van der Waals surface area (Å²) in [5.41, 5.74) is 0.835. The van der Waals surface area contributed by atoms with Gasteiger partial charge >= 0.3 is 5.97 Å². The summed E-state index contributed by atoms with van der Waals surface area (Å²) < 4.78 is 0.906. The Kier molecular flexibility index (Phi) is 4.37. The number of carboxylic acids is 1. The second kappa shape index (κ2) is 5.84. The van der Waals surface area contributed by atoms with E-state index in [1.54, 1.807) is 0 Å². The van der Waals surface area contributed by atoms with Gasteiger partial charge in [0.25, 0.3) is 0 Å². The van der Waals surface area contributed by atoms with Crippen LogP contribution in [0.1, 0.15) is 24.3 Å². The van der Waals surface area contributed by atoms with Crippen LogP contribution < -0.4 is 0 Å². The zero-order valence-electron chi connectivity index (χ0n) is 10.3. The molecule has 2 rings (SSSR count). The van der Waals surface area contributed by atoms with Crippen LogP contribution in [-0.2, 0) is 9.59 Å². The molecule has 0 heterocycles. The van der Waals surface area contributed by atoms with E-state index in [2.05, 4.69) is 15.9 Å². The molecule has 102 valence electrons. The molecule has 2 unspecified atom stereocenters. The van der Waals surface area contributed by atoms with Crippen LogP contribution in [0.2, 0.25) is 0 Å². The fourth-order valence-electron chi connectivity index (χ4n) is 2.79. The van der Waals surface area contributed by atoms with Gasteiger partial charge in [-0.05, 0) is 17.7 Å².